The lowest BCUT2D eigenvalue weighted by Crippen LogP contribution is -2.50. The van der Waals surface area contributed by atoms with Crippen LogP contribution in [0.5, 0.6) is 0 Å². The second kappa shape index (κ2) is 6.93. The molecule has 0 aliphatic carbocycles. The summed E-state index contributed by atoms with van der Waals surface area (Å²) >= 11 is 0. The number of amides is 1. The molecule has 1 amide bonds. The van der Waals surface area contributed by atoms with E-state index in [4.69, 9.17) is 0 Å². The molecular weight excluding hydrogens is 300 g/mol. The number of carbonyl (C=O) groups excluding carboxylic acids is 1. The van der Waals surface area contributed by atoms with Crippen LogP contribution in [-0.2, 0) is 0 Å². The summed E-state index contributed by atoms with van der Waals surface area (Å²) < 4.78 is 1.90. The lowest BCUT2D eigenvalue weighted by Gasteiger charge is -2.39. The fourth-order valence-corrected chi connectivity index (χ4v) is 4.15. The van der Waals surface area contributed by atoms with Gasteiger partial charge in [0, 0.05) is 25.3 Å². The van der Waals surface area contributed by atoms with Crippen LogP contribution in [0.4, 0.5) is 0 Å². The van der Waals surface area contributed by atoms with Crippen LogP contribution in [0, 0.1) is 0 Å². The highest BCUT2D eigenvalue weighted by molar-refractivity contribution is 5.93. The van der Waals surface area contributed by atoms with Crippen LogP contribution in [0.3, 0.4) is 0 Å². The number of carbonyl (C=O) groups is 1. The molecule has 0 spiro atoms. The second-order valence-electron chi connectivity index (χ2n) is 7.07. The first-order chi connectivity index (χ1) is 11.8. The number of rotatable bonds is 2. The van der Waals surface area contributed by atoms with Crippen molar-refractivity contribution >= 4 is 11.6 Å². The largest absolute Gasteiger partial charge is 0.336 e. The van der Waals surface area contributed by atoms with Crippen LogP contribution in [0.25, 0.3) is 5.65 Å². The predicted molar refractivity (Wildman–Crippen MR) is 94.2 cm³/mol. The third-order valence-electron chi connectivity index (χ3n) is 5.48. The molecule has 0 radical (unpaired) electrons. The van der Waals surface area contributed by atoms with Crippen molar-refractivity contribution in [1.29, 1.82) is 0 Å². The molecule has 2 aromatic rings. The van der Waals surface area contributed by atoms with Crippen LogP contribution in [0.2, 0.25) is 0 Å². The Morgan fingerprint density at radius 1 is 1.04 bits per heavy atom. The van der Waals surface area contributed by atoms with E-state index < -0.39 is 0 Å². The molecule has 5 nitrogen and oxygen atoms in total. The smallest absolute Gasteiger partial charge is 0.272 e. The number of piperidine rings is 1. The summed E-state index contributed by atoms with van der Waals surface area (Å²) in [6.07, 6.45) is 11.3. The molecule has 1 atom stereocenters. The van der Waals surface area contributed by atoms with E-state index in [2.05, 4.69) is 9.88 Å². The average Bonchev–Trinajstić information content (AvgIpc) is 2.87. The van der Waals surface area contributed by atoms with E-state index >= 15 is 0 Å². The van der Waals surface area contributed by atoms with Gasteiger partial charge in [-0.25, -0.2) is 4.98 Å². The quantitative estimate of drug-likeness (QED) is 0.852. The molecule has 2 aromatic heterocycles. The van der Waals surface area contributed by atoms with Crippen molar-refractivity contribution in [3.8, 4) is 0 Å². The molecule has 0 unspecified atom stereocenters. The molecular formula is C19H26N4O. The van der Waals surface area contributed by atoms with Crippen molar-refractivity contribution in [1.82, 2.24) is 19.2 Å². The Labute approximate surface area is 143 Å². The van der Waals surface area contributed by atoms with E-state index in [1.165, 1.54) is 45.2 Å². The van der Waals surface area contributed by atoms with E-state index in [9.17, 15) is 4.79 Å². The summed E-state index contributed by atoms with van der Waals surface area (Å²) in [5.41, 5.74) is 1.52. The van der Waals surface area contributed by atoms with Crippen LogP contribution in [-0.4, -0.2) is 57.3 Å². The Hall–Kier alpha value is -1.88. The van der Waals surface area contributed by atoms with Gasteiger partial charge in [0.15, 0.2) is 0 Å². The summed E-state index contributed by atoms with van der Waals surface area (Å²) in [7, 11) is 0. The van der Waals surface area contributed by atoms with Crippen molar-refractivity contribution in [2.75, 3.05) is 26.2 Å². The molecule has 0 saturated carbocycles. The van der Waals surface area contributed by atoms with E-state index in [-0.39, 0.29) is 5.91 Å². The van der Waals surface area contributed by atoms with Crippen molar-refractivity contribution < 1.29 is 4.79 Å². The number of nitrogens with zero attached hydrogens (tertiary/aromatic N) is 4. The highest BCUT2D eigenvalue weighted by Crippen LogP contribution is 2.21. The maximum Gasteiger partial charge on any atom is 0.272 e. The van der Waals surface area contributed by atoms with Gasteiger partial charge < -0.3 is 4.90 Å². The number of hydrogen-bond acceptors (Lipinski definition) is 3. The summed E-state index contributed by atoms with van der Waals surface area (Å²) in [5.74, 6) is 0.119. The fraction of sp³-hybridized carbons (Fsp3) is 0.579. The maximum atomic E-state index is 13.0. The van der Waals surface area contributed by atoms with Crippen molar-refractivity contribution in [3.63, 3.8) is 0 Å². The van der Waals surface area contributed by atoms with Gasteiger partial charge in [0.25, 0.3) is 5.91 Å². The number of likely N-dealkylation sites (tertiary alicyclic amines) is 2. The van der Waals surface area contributed by atoms with E-state index in [0.29, 0.717) is 11.7 Å². The Bertz CT molecular complexity index is 702. The third-order valence-corrected chi connectivity index (χ3v) is 5.48. The number of imidazole rings is 1. The minimum Gasteiger partial charge on any atom is -0.336 e. The van der Waals surface area contributed by atoms with Gasteiger partial charge in [0.1, 0.15) is 11.3 Å². The molecule has 2 aliphatic heterocycles. The zero-order valence-electron chi connectivity index (χ0n) is 14.2. The van der Waals surface area contributed by atoms with Gasteiger partial charge in [-0.2, -0.15) is 0 Å². The minimum absolute atomic E-state index is 0.119. The summed E-state index contributed by atoms with van der Waals surface area (Å²) in [6.45, 7) is 4.12. The van der Waals surface area contributed by atoms with Crippen molar-refractivity contribution in [2.24, 2.45) is 0 Å². The topological polar surface area (TPSA) is 40.9 Å². The van der Waals surface area contributed by atoms with Crippen molar-refractivity contribution in [2.45, 2.75) is 44.6 Å². The summed E-state index contributed by atoms with van der Waals surface area (Å²) in [5, 5.41) is 0. The Morgan fingerprint density at radius 2 is 1.88 bits per heavy atom. The van der Waals surface area contributed by atoms with Crippen LogP contribution in [0.1, 0.15) is 49.0 Å². The SMILES string of the molecule is O=C(c1cnc2ccccn12)N1CCC[C@H](N2CCCCCC2)C1. The molecule has 0 bridgehead atoms. The van der Waals surface area contributed by atoms with Gasteiger partial charge in [0.2, 0.25) is 0 Å². The van der Waals surface area contributed by atoms with Crippen LogP contribution >= 0.6 is 0 Å². The predicted octanol–water partition coefficient (Wildman–Crippen LogP) is 2.81. The maximum absolute atomic E-state index is 13.0. The lowest BCUT2D eigenvalue weighted by atomic mass is 10.0. The Balaban J connectivity index is 1.50. The van der Waals surface area contributed by atoms with Gasteiger partial charge in [-0.3, -0.25) is 14.1 Å². The highest BCUT2D eigenvalue weighted by Gasteiger charge is 2.29. The highest BCUT2D eigenvalue weighted by atomic mass is 16.2. The normalized spacial score (nSPS) is 23.3. The number of pyridine rings is 1. The molecule has 2 fully saturated rings. The van der Waals surface area contributed by atoms with Gasteiger partial charge in [-0.1, -0.05) is 18.9 Å². The first-order valence-corrected chi connectivity index (χ1v) is 9.28. The lowest BCUT2D eigenvalue weighted by molar-refractivity contribution is 0.0572. The van der Waals surface area contributed by atoms with Crippen LogP contribution < -0.4 is 0 Å². The van der Waals surface area contributed by atoms with Gasteiger partial charge >= 0.3 is 0 Å². The Kier molecular flexibility index (Phi) is 4.52. The number of fused-ring (bicyclic) bond motifs is 1. The third kappa shape index (κ3) is 3.05. The molecule has 0 N–H and O–H groups in total. The summed E-state index contributed by atoms with van der Waals surface area (Å²) in [6, 6.07) is 6.36. The number of hydrogen-bond donors (Lipinski definition) is 0. The molecule has 0 aromatic carbocycles. The minimum atomic E-state index is 0.119. The molecule has 24 heavy (non-hydrogen) atoms. The van der Waals surface area contributed by atoms with Crippen LogP contribution in [0.15, 0.2) is 30.6 Å². The molecule has 2 saturated heterocycles. The van der Waals surface area contributed by atoms with E-state index in [0.717, 1.165) is 25.2 Å². The Morgan fingerprint density at radius 3 is 2.71 bits per heavy atom. The number of aromatic nitrogens is 2. The van der Waals surface area contributed by atoms with Gasteiger partial charge in [0.05, 0.1) is 6.20 Å². The zero-order chi connectivity index (χ0) is 16.4. The monoisotopic (exact) mass is 326 g/mol. The average molecular weight is 326 g/mol. The van der Waals surface area contributed by atoms with Crippen molar-refractivity contribution in [3.05, 3.63) is 36.3 Å². The second-order valence-corrected chi connectivity index (χ2v) is 7.07. The molecule has 5 heteroatoms. The summed E-state index contributed by atoms with van der Waals surface area (Å²) in [4.78, 5) is 22.0. The zero-order valence-corrected chi connectivity index (χ0v) is 14.2. The fourth-order valence-electron chi connectivity index (χ4n) is 4.15. The molecule has 2 aliphatic rings. The first kappa shape index (κ1) is 15.6. The first-order valence-electron chi connectivity index (χ1n) is 9.28. The van der Waals surface area contributed by atoms with E-state index in [1.54, 1.807) is 6.20 Å². The standard InChI is InChI=1S/C19H26N4O/c24-19(17-14-20-18-9-3-6-13-23(17)18)22-12-7-8-16(15-22)21-10-4-1-2-5-11-21/h3,6,9,13-14,16H,1-2,4-5,7-8,10-12,15H2/t16-/m0/s1. The molecule has 4 heterocycles. The molecule has 128 valence electrons. The van der Waals surface area contributed by atoms with Gasteiger partial charge in [-0.05, 0) is 50.9 Å². The van der Waals surface area contributed by atoms with E-state index in [1.807, 2.05) is 33.7 Å². The molecule has 4 rings (SSSR count). The van der Waals surface area contributed by atoms with Gasteiger partial charge in [-0.15, -0.1) is 0 Å².